The number of aryl methyl sites for hydroxylation is 1. The lowest BCUT2D eigenvalue weighted by atomic mass is 9.90. The second-order valence-electron chi connectivity index (χ2n) is 8.58. The molecule has 1 aromatic carbocycles. The molecule has 2 aliphatic rings. The van der Waals surface area contributed by atoms with Crippen molar-refractivity contribution in [2.45, 2.75) is 32.1 Å². The third-order valence-electron chi connectivity index (χ3n) is 6.56. The fraction of sp³-hybridized carbons (Fsp3) is 0.400. The lowest BCUT2D eigenvalue weighted by Gasteiger charge is -2.32. The van der Waals surface area contributed by atoms with E-state index < -0.39 is 0 Å². The van der Waals surface area contributed by atoms with E-state index in [4.69, 9.17) is 0 Å². The summed E-state index contributed by atoms with van der Waals surface area (Å²) in [5.41, 5.74) is 2.11. The maximum Gasteiger partial charge on any atom is 0.246 e. The number of nitrogens with one attached hydrogen (secondary N) is 1. The van der Waals surface area contributed by atoms with Gasteiger partial charge in [-0.15, -0.1) is 0 Å². The van der Waals surface area contributed by atoms with Crippen molar-refractivity contribution >= 4 is 17.9 Å². The standard InChI is InChI=1S/C25H28FN3O2/c26-21-6-3-20(4-7-21)5-8-23(30)29-16-11-25(12-17-29)18-22(25)24(31)28-13-1-2-19-9-14-27-15-10-19/h3-10,14-15,22H,1-2,11-13,16-18H2,(H,28,31)/b8-5+/t22-/m0/s1. The van der Waals surface area contributed by atoms with E-state index in [9.17, 15) is 14.0 Å². The van der Waals surface area contributed by atoms with Crippen LogP contribution < -0.4 is 5.32 Å². The zero-order valence-corrected chi connectivity index (χ0v) is 17.6. The molecular weight excluding hydrogens is 393 g/mol. The number of hydrogen-bond donors (Lipinski definition) is 1. The minimum Gasteiger partial charge on any atom is -0.356 e. The average Bonchev–Trinajstić information content (AvgIpc) is 3.50. The number of piperidine rings is 1. The Kier molecular flexibility index (Phi) is 6.44. The monoisotopic (exact) mass is 421 g/mol. The highest BCUT2D eigenvalue weighted by Gasteiger charge is 2.58. The number of rotatable bonds is 7. The Labute approximate surface area is 182 Å². The van der Waals surface area contributed by atoms with E-state index in [0.29, 0.717) is 19.6 Å². The molecule has 0 bridgehead atoms. The van der Waals surface area contributed by atoms with E-state index in [1.807, 2.05) is 17.0 Å². The Balaban J connectivity index is 1.18. The van der Waals surface area contributed by atoms with Crippen LogP contribution in [0.5, 0.6) is 0 Å². The molecule has 0 unspecified atom stereocenters. The average molecular weight is 422 g/mol. The van der Waals surface area contributed by atoms with Crippen LogP contribution in [0, 0.1) is 17.2 Å². The van der Waals surface area contributed by atoms with Gasteiger partial charge in [0.05, 0.1) is 0 Å². The molecule has 2 fully saturated rings. The van der Waals surface area contributed by atoms with Crippen LogP contribution >= 0.6 is 0 Å². The highest BCUT2D eigenvalue weighted by Crippen LogP contribution is 2.59. The number of carbonyl (C=O) groups is 2. The van der Waals surface area contributed by atoms with Crippen LogP contribution in [0.25, 0.3) is 6.08 Å². The molecule has 6 heteroatoms. The van der Waals surface area contributed by atoms with Crippen LogP contribution in [0.2, 0.25) is 0 Å². The van der Waals surface area contributed by atoms with Crippen LogP contribution in [-0.4, -0.2) is 41.3 Å². The number of amides is 2. The number of benzene rings is 1. The molecule has 2 aromatic rings. The molecule has 1 saturated carbocycles. The van der Waals surface area contributed by atoms with E-state index in [2.05, 4.69) is 10.3 Å². The van der Waals surface area contributed by atoms with Gasteiger partial charge in [0.25, 0.3) is 0 Å². The quantitative estimate of drug-likeness (QED) is 0.549. The third kappa shape index (κ3) is 5.37. The first-order valence-electron chi connectivity index (χ1n) is 10.9. The van der Waals surface area contributed by atoms with Gasteiger partial charge in [-0.1, -0.05) is 12.1 Å². The van der Waals surface area contributed by atoms with Gasteiger partial charge in [0.1, 0.15) is 5.82 Å². The summed E-state index contributed by atoms with van der Waals surface area (Å²) >= 11 is 0. The van der Waals surface area contributed by atoms with E-state index in [1.54, 1.807) is 36.7 Å². The minimum atomic E-state index is -0.290. The lowest BCUT2D eigenvalue weighted by Crippen LogP contribution is -2.40. The number of nitrogens with zero attached hydrogens (tertiary/aromatic N) is 2. The molecular formula is C25H28FN3O2. The van der Waals surface area contributed by atoms with Crippen LogP contribution in [0.4, 0.5) is 4.39 Å². The number of pyridine rings is 1. The fourth-order valence-corrected chi connectivity index (χ4v) is 4.47. The molecule has 1 N–H and O–H groups in total. The number of halogens is 1. The highest BCUT2D eigenvalue weighted by molar-refractivity contribution is 5.92. The van der Waals surface area contributed by atoms with Gasteiger partial charge in [0, 0.05) is 44.0 Å². The number of carbonyl (C=O) groups excluding carboxylic acids is 2. The van der Waals surface area contributed by atoms with Gasteiger partial charge in [0.2, 0.25) is 11.8 Å². The first-order chi connectivity index (χ1) is 15.1. The summed E-state index contributed by atoms with van der Waals surface area (Å²) in [4.78, 5) is 30.9. The molecule has 1 spiro atoms. The number of hydrogen-bond acceptors (Lipinski definition) is 3. The first-order valence-corrected chi connectivity index (χ1v) is 10.9. The van der Waals surface area contributed by atoms with E-state index in [0.717, 1.165) is 37.7 Å². The maximum absolute atomic E-state index is 13.0. The van der Waals surface area contributed by atoms with Gasteiger partial charge in [-0.25, -0.2) is 4.39 Å². The van der Waals surface area contributed by atoms with Crippen molar-refractivity contribution in [3.63, 3.8) is 0 Å². The largest absolute Gasteiger partial charge is 0.356 e. The summed E-state index contributed by atoms with van der Waals surface area (Å²) in [5, 5.41) is 3.09. The molecule has 1 atom stereocenters. The summed E-state index contributed by atoms with van der Waals surface area (Å²) in [5.74, 6) is -0.0790. The molecule has 162 valence electrons. The molecule has 1 aliphatic heterocycles. The van der Waals surface area contributed by atoms with Crippen molar-refractivity contribution in [3.05, 3.63) is 71.8 Å². The van der Waals surface area contributed by atoms with Crippen LogP contribution in [0.15, 0.2) is 54.9 Å². The minimum absolute atomic E-state index is 0.0306. The van der Waals surface area contributed by atoms with E-state index in [1.165, 1.54) is 17.7 Å². The molecule has 4 rings (SSSR count). The summed E-state index contributed by atoms with van der Waals surface area (Å²) in [7, 11) is 0. The Morgan fingerprint density at radius 1 is 1.13 bits per heavy atom. The number of likely N-dealkylation sites (tertiary alicyclic amines) is 1. The number of aromatic nitrogens is 1. The van der Waals surface area contributed by atoms with Gasteiger partial charge in [-0.3, -0.25) is 14.6 Å². The van der Waals surface area contributed by atoms with E-state index >= 15 is 0 Å². The molecule has 1 saturated heterocycles. The Bertz CT molecular complexity index is 935. The fourth-order valence-electron chi connectivity index (χ4n) is 4.47. The summed E-state index contributed by atoms with van der Waals surface area (Å²) in [6.07, 6.45) is 11.4. The van der Waals surface area contributed by atoms with Gasteiger partial charge in [-0.2, -0.15) is 0 Å². The first kappa shape index (κ1) is 21.2. The molecule has 0 radical (unpaired) electrons. The normalized spacial score (nSPS) is 19.5. The smallest absolute Gasteiger partial charge is 0.246 e. The second-order valence-corrected chi connectivity index (χ2v) is 8.58. The van der Waals surface area contributed by atoms with Crippen molar-refractivity contribution in [2.75, 3.05) is 19.6 Å². The zero-order chi connectivity index (χ0) is 21.7. The van der Waals surface area contributed by atoms with Gasteiger partial charge < -0.3 is 10.2 Å². The summed E-state index contributed by atoms with van der Waals surface area (Å²) < 4.78 is 13.0. The molecule has 5 nitrogen and oxygen atoms in total. The molecule has 31 heavy (non-hydrogen) atoms. The Morgan fingerprint density at radius 2 is 1.84 bits per heavy atom. The second kappa shape index (κ2) is 9.41. The van der Waals surface area contributed by atoms with Gasteiger partial charge in [0.15, 0.2) is 0 Å². The van der Waals surface area contributed by atoms with Gasteiger partial charge in [-0.05, 0) is 79.0 Å². The van der Waals surface area contributed by atoms with E-state index in [-0.39, 0.29) is 29.0 Å². The van der Waals surface area contributed by atoms with Crippen molar-refractivity contribution in [2.24, 2.45) is 11.3 Å². The molecule has 2 heterocycles. The van der Waals surface area contributed by atoms with Crippen molar-refractivity contribution in [1.82, 2.24) is 15.2 Å². The Morgan fingerprint density at radius 3 is 2.55 bits per heavy atom. The third-order valence-corrected chi connectivity index (χ3v) is 6.56. The molecule has 1 aromatic heterocycles. The maximum atomic E-state index is 13.0. The molecule has 2 amide bonds. The van der Waals surface area contributed by atoms with Crippen molar-refractivity contribution in [1.29, 1.82) is 0 Å². The van der Waals surface area contributed by atoms with Crippen LogP contribution in [0.1, 0.15) is 36.8 Å². The van der Waals surface area contributed by atoms with Crippen LogP contribution in [-0.2, 0) is 16.0 Å². The SMILES string of the molecule is O=C(NCCCc1ccncc1)[C@@H]1CC12CCN(C(=O)/C=C/c1ccc(F)cc1)CC2. The predicted octanol–water partition coefficient (Wildman–Crippen LogP) is 3.61. The summed E-state index contributed by atoms with van der Waals surface area (Å²) in [6.45, 7) is 2.04. The lowest BCUT2D eigenvalue weighted by molar-refractivity contribution is -0.127. The Hall–Kier alpha value is -3.02. The predicted molar refractivity (Wildman–Crippen MR) is 117 cm³/mol. The van der Waals surface area contributed by atoms with Crippen LogP contribution in [0.3, 0.4) is 0 Å². The topological polar surface area (TPSA) is 62.3 Å². The summed E-state index contributed by atoms with van der Waals surface area (Å²) in [6, 6.07) is 10.1. The molecule has 1 aliphatic carbocycles. The van der Waals surface area contributed by atoms with Crippen molar-refractivity contribution < 1.29 is 14.0 Å². The highest BCUT2D eigenvalue weighted by atomic mass is 19.1. The van der Waals surface area contributed by atoms with Crippen molar-refractivity contribution in [3.8, 4) is 0 Å². The zero-order valence-electron chi connectivity index (χ0n) is 17.6. The van der Waals surface area contributed by atoms with Gasteiger partial charge >= 0.3 is 0 Å².